The largest absolute Gasteiger partial charge is 2.00 e. The second kappa shape index (κ2) is 10.8. The predicted molar refractivity (Wildman–Crippen MR) is 44.1 cm³/mol. The van der Waals surface area contributed by atoms with Gasteiger partial charge in [0.15, 0.2) is 0 Å². The first-order valence-corrected chi connectivity index (χ1v) is 3.33. The summed E-state index contributed by atoms with van der Waals surface area (Å²) >= 11 is 0. The fourth-order valence-electron chi connectivity index (χ4n) is 0.642. The van der Waals surface area contributed by atoms with E-state index in [4.69, 9.17) is 0 Å². The molecule has 2 aromatic rings. The molecule has 0 saturated heterocycles. The molecule has 2 heteroatoms. The van der Waals surface area contributed by atoms with Crippen LogP contribution in [0.5, 0.6) is 0 Å². The van der Waals surface area contributed by atoms with Crippen molar-refractivity contribution in [2.75, 3.05) is 0 Å². The van der Waals surface area contributed by atoms with Gasteiger partial charge in [-0.25, -0.2) is 24.3 Å². The van der Waals surface area contributed by atoms with Crippen LogP contribution in [0.4, 0.5) is 0 Å². The monoisotopic (exact) mass is 234 g/mol. The van der Waals surface area contributed by atoms with Crippen LogP contribution in [0.3, 0.4) is 0 Å². The molecule has 0 amide bonds. The third-order valence-corrected chi connectivity index (χ3v) is 1.11. The number of hydrogen-bond donors (Lipinski definition) is 0. The third kappa shape index (κ3) is 7.87. The van der Waals surface area contributed by atoms with Crippen LogP contribution in [0.25, 0.3) is 0 Å². The van der Waals surface area contributed by atoms with Gasteiger partial charge in [-0.1, -0.05) is 0 Å². The molecule has 0 radical (unpaired) electrons. The van der Waals surface area contributed by atoms with Crippen molar-refractivity contribution in [3.05, 3.63) is 60.7 Å². The molecule has 0 N–H and O–H groups in total. The van der Waals surface area contributed by atoms with E-state index < -0.39 is 0 Å². The van der Waals surface area contributed by atoms with Crippen LogP contribution in [0.1, 0.15) is 0 Å². The molecule has 0 atom stereocenters. The van der Waals surface area contributed by atoms with Crippen molar-refractivity contribution in [1.29, 1.82) is 0 Å². The van der Waals surface area contributed by atoms with E-state index in [-0.39, 0.29) is 34.7 Å². The third-order valence-electron chi connectivity index (χ3n) is 1.11. The Morgan fingerprint density at radius 1 is 0.583 bits per heavy atom. The summed E-state index contributed by atoms with van der Waals surface area (Å²) in [6.45, 7) is 0. The van der Waals surface area contributed by atoms with Gasteiger partial charge in [-0.2, -0.15) is 36.4 Å². The predicted octanol–water partition coefficient (Wildman–Crippen LogP) is 2.81. The summed E-state index contributed by atoms with van der Waals surface area (Å²) in [6.07, 6.45) is 0. The Balaban J connectivity index is 0. The molecule has 0 aliphatic rings. The van der Waals surface area contributed by atoms with Crippen LogP contribution >= 0.6 is 0 Å². The van der Waals surface area contributed by atoms with E-state index in [1.807, 2.05) is 60.7 Å². The minimum Gasteiger partial charge on any atom is -0.214 e. The first-order valence-electron chi connectivity index (χ1n) is 3.33. The van der Waals surface area contributed by atoms with Crippen molar-refractivity contribution >= 4 is 0 Å². The molecule has 0 aliphatic carbocycles. The first kappa shape index (κ1) is 14.3. The maximum atomic E-state index is 2.00. The second-order valence-electron chi connectivity index (χ2n) is 1.92. The van der Waals surface area contributed by atoms with E-state index in [0.29, 0.717) is 0 Å². The van der Waals surface area contributed by atoms with Crippen molar-refractivity contribution in [2.45, 2.75) is 0 Å². The van der Waals surface area contributed by atoms with Crippen molar-refractivity contribution in [3.63, 3.8) is 0 Å². The SMILES string of the molecule is [Cr+2].[Cr].c1cc[cH-]c1.c1cc[cH-]c1. The Hall–Kier alpha value is -0.235. The molecule has 0 aliphatic heterocycles. The van der Waals surface area contributed by atoms with E-state index in [2.05, 4.69) is 0 Å². The standard InChI is InChI=1S/2C5H5.2Cr/c2*1-2-4-5-3-1;;/h2*1-5H;;/q2*-1;;+2. The van der Waals surface area contributed by atoms with E-state index in [9.17, 15) is 0 Å². The van der Waals surface area contributed by atoms with Crippen molar-refractivity contribution in [2.24, 2.45) is 0 Å². The van der Waals surface area contributed by atoms with Gasteiger partial charge in [0.2, 0.25) is 0 Å². The van der Waals surface area contributed by atoms with Crippen molar-refractivity contribution < 1.29 is 34.7 Å². The normalized spacial score (nSPS) is 6.67. The van der Waals surface area contributed by atoms with Crippen molar-refractivity contribution in [3.8, 4) is 0 Å². The zero-order valence-corrected chi connectivity index (χ0v) is 9.14. The summed E-state index contributed by atoms with van der Waals surface area (Å²) in [5.41, 5.74) is 0. The van der Waals surface area contributed by atoms with Gasteiger partial charge in [0, 0.05) is 17.4 Å². The van der Waals surface area contributed by atoms with Gasteiger partial charge in [-0.15, -0.1) is 0 Å². The fraction of sp³-hybridized carbons (Fsp3) is 0. The fourth-order valence-corrected chi connectivity index (χ4v) is 0.642. The van der Waals surface area contributed by atoms with E-state index in [0.717, 1.165) is 0 Å². The topological polar surface area (TPSA) is 0 Å². The van der Waals surface area contributed by atoms with Gasteiger partial charge in [0.05, 0.1) is 0 Å². The van der Waals surface area contributed by atoms with E-state index in [1.165, 1.54) is 0 Å². The molecular weight excluding hydrogens is 224 g/mol. The first-order chi connectivity index (χ1) is 5.00. The molecule has 0 fully saturated rings. The molecule has 62 valence electrons. The Morgan fingerprint density at radius 3 is 0.917 bits per heavy atom. The smallest absolute Gasteiger partial charge is 0.214 e. The summed E-state index contributed by atoms with van der Waals surface area (Å²) in [5, 5.41) is 0. The minimum absolute atomic E-state index is 0. The molecule has 0 unspecified atom stereocenters. The molecule has 12 heavy (non-hydrogen) atoms. The van der Waals surface area contributed by atoms with Gasteiger partial charge in [0.25, 0.3) is 0 Å². The molecular formula is C10H10Cr2. The second-order valence-corrected chi connectivity index (χ2v) is 1.92. The summed E-state index contributed by atoms with van der Waals surface area (Å²) in [6, 6.07) is 20.0. The van der Waals surface area contributed by atoms with E-state index >= 15 is 0 Å². The van der Waals surface area contributed by atoms with Crippen LogP contribution < -0.4 is 0 Å². The van der Waals surface area contributed by atoms with Crippen LogP contribution in [0.15, 0.2) is 60.7 Å². The van der Waals surface area contributed by atoms with Crippen LogP contribution in [-0.2, 0) is 34.7 Å². The zero-order chi connectivity index (χ0) is 7.07. The maximum Gasteiger partial charge on any atom is 2.00 e. The zero-order valence-electron chi connectivity index (χ0n) is 6.59. The number of hydrogen-bond acceptors (Lipinski definition) is 0. The van der Waals surface area contributed by atoms with Gasteiger partial charge in [-0.05, 0) is 0 Å². The van der Waals surface area contributed by atoms with Gasteiger partial charge in [-0.3, -0.25) is 0 Å². The number of rotatable bonds is 0. The molecule has 2 aromatic carbocycles. The van der Waals surface area contributed by atoms with Crippen LogP contribution in [-0.4, -0.2) is 0 Å². The Kier molecular flexibility index (Phi) is 12.8. The summed E-state index contributed by atoms with van der Waals surface area (Å²) < 4.78 is 0. The Labute approximate surface area is 95.2 Å². The Morgan fingerprint density at radius 2 is 0.833 bits per heavy atom. The molecule has 0 saturated carbocycles. The average molecular weight is 234 g/mol. The van der Waals surface area contributed by atoms with Crippen molar-refractivity contribution in [1.82, 2.24) is 0 Å². The molecule has 0 bridgehead atoms. The maximum absolute atomic E-state index is 2.00. The van der Waals surface area contributed by atoms with Gasteiger partial charge in [0.1, 0.15) is 0 Å². The molecule has 0 heterocycles. The minimum atomic E-state index is 0. The molecule has 0 spiro atoms. The average Bonchev–Trinajstić information content (AvgIpc) is 2.67. The molecule has 0 nitrogen and oxygen atoms in total. The Bertz CT molecular complexity index is 147. The summed E-state index contributed by atoms with van der Waals surface area (Å²) in [5.74, 6) is 0. The van der Waals surface area contributed by atoms with Gasteiger partial charge >= 0.3 is 17.4 Å². The van der Waals surface area contributed by atoms with Crippen LogP contribution in [0, 0.1) is 0 Å². The summed E-state index contributed by atoms with van der Waals surface area (Å²) in [4.78, 5) is 0. The van der Waals surface area contributed by atoms with Gasteiger partial charge < -0.3 is 0 Å². The van der Waals surface area contributed by atoms with E-state index in [1.54, 1.807) is 0 Å². The molecule has 2 rings (SSSR count). The molecule has 0 aromatic heterocycles. The quantitative estimate of drug-likeness (QED) is 0.615. The summed E-state index contributed by atoms with van der Waals surface area (Å²) in [7, 11) is 0. The van der Waals surface area contributed by atoms with Crippen LogP contribution in [0.2, 0.25) is 0 Å².